The molecule has 1 aliphatic carbocycles. The molecule has 0 aromatic heterocycles. The van der Waals surface area contributed by atoms with E-state index >= 15 is 0 Å². The van der Waals surface area contributed by atoms with Crippen LogP contribution >= 0.6 is 0 Å². The van der Waals surface area contributed by atoms with Crippen molar-refractivity contribution >= 4 is 11.8 Å². The number of rotatable bonds is 2. The van der Waals surface area contributed by atoms with Crippen LogP contribution in [0.1, 0.15) is 48.9 Å². The molecule has 7 heteroatoms. The molecule has 2 aliphatic rings. The predicted molar refractivity (Wildman–Crippen MR) is 95.1 cm³/mol. The number of nitrogens with zero attached hydrogens (tertiary/aromatic N) is 2. The molecule has 1 heterocycles. The number of hydrogen-bond acceptors (Lipinski definition) is 5. The third-order valence-electron chi connectivity index (χ3n) is 5.37. The van der Waals surface area contributed by atoms with E-state index in [0.717, 1.165) is 37.8 Å². The average molecular weight is 362 g/mol. The normalized spacial score (nSPS) is 19.2. The van der Waals surface area contributed by atoms with Gasteiger partial charge in [0.1, 0.15) is 0 Å². The van der Waals surface area contributed by atoms with Gasteiger partial charge in [0.25, 0.3) is 5.91 Å². The molecule has 0 atom stereocenters. The maximum Gasteiger partial charge on any atom is 0.254 e. The molecule has 1 saturated carbocycles. The highest BCUT2D eigenvalue weighted by Crippen LogP contribution is 2.35. The van der Waals surface area contributed by atoms with Crippen LogP contribution in [0.2, 0.25) is 0 Å². The van der Waals surface area contributed by atoms with Crippen molar-refractivity contribution in [2.24, 2.45) is 5.92 Å². The number of phenolic OH excluding ortho intramolecular Hbond substituents is 3. The van der Waals surface area contributed by atoms with Crippen LogP contribution in [0.5, 0.6) is 17.2 Å². The van der Waals surface area contributed by atoms with Crippen molar-refractivity contribution < 1.29 is 24.9 Å². The van der Waals surface area contributed by atoms with Crippen molar-refractivity contribution in [2.45, 2.75) is 38.5 Å². The lowest BCUT2D eigenvalue weighted by Crippen LogP contribution is -2.40. The van der Waals surface area contributed by atoms with Gasteiger partial charge in [-0.2, -0.15) is 0 Å². The second-order valence-corrected chi connectivity index (χ2v) is 7.17. The average Bonchev–Trinajstić information content (AvgIpc) is 2.91. The number of aromatic hydroxyl groups is 3. The molecule has 26 heavy (non-hydrogen) atoms. The van der Waals surface area contributed by atoms with Gasteiger partial charge in [-0.1, -0.05) is 19.3 Å². The molecule has 2 amide bonds. The van der Waals surface area contributed by atoms with E-state index in [4.69, 9.17) is 0 Å². The van der Waals surface area contributed by atoms with Gasteiger partial charge in [-0.3, -0.25) is 9.59 Å². The van der Waals surface area contributed by atoms with Gasteiger partial charge in [0, 0.05) is 37.7 Å². The Hall–Kier alpha value is -2.44. The second-order valence-electron chi connectivity index (χ2n) is 7.17. The zero-order chi connectivity index (χ0) is 18.7. The van der Waals surface area contributed by atoms with Gasteiger partial charge in [-0.15, -0.1) is 0 Å². The van der Waals surface area contributed by atoms with E-state index in [1.54, 1.807) is 4.90 Å². The number of hydrogen-bond donors (Lipinski definition) is 3. The highest BCUT2D eigenvalue weighted by Gasteiger charge is 2.29. The van der Waals surface area contributed by atoms with Crippen LogP contribution in [-0.2, 0) is 4.79 Å². The Bertz CT molecular complexity index is 662. The maximum absolute atomic E-state index is 12.7. The standard InChI is InChI=1S/C19H26N2O5/c22-15-11-14(12-16(23)17(15)24)19(26)21-8-4-7-20(9-10-21)18(25)13-5-2-1-3-6-13/h11-13,22-24H,1-10H2. The Balaban J connectivity index is 1.64. The lowest BCUT2D eigenvalue weighted by molar-refractivity contribution is -0.136. The molecule has 0 radical (unpaired) electrons. The van der Waals surface area contributed by atoms with Crippen molar-refractivity contribution in [3.8, 4) is 17.2 Å². The molecule has 0 bridgehead atoms. The highest BCUT2D eigenvalue weighted by atomic mass is 16.3. The topological polar surface area (TPSA) is 101 Å². The number of benzene rings is 1. The molecular weight excluding hydrogens is 336 g/mol. The maximum atomic E-state index is 12.7. The smallest absolute Gasteiger partial charge is 0.254 e. The van der Waals surface area contributed by atoms with Gasteiger partial charge in [-0.25, -0.2) is 0 Å². The van der Waals surface area contributed by atoms with E-state index in [2.05, 4.69) is 0 Å². The third kappa shape index (κ3) is 3.86. The summed E-state index contributed by atoms with van der Waals surface area (Å²) >= 11 is 0. The second kappa shape index (κ2) is 7.85. The first-order valence-corrected chi connectivity index (χ1v) is 9.30. The zero-order valence-corrected chi connectivity index (χ0v) is 14.9. The summed E-state index contributed by atoms with van der Waals surface area (Å²) in [6.45, 7) is 2.07. The summed E-state index contributed by atoms with van der Waals surface area (Å²) in [7, 11) is 0. The Morgan fingerprint density at radius 1 is 0.808 bits per heavy atom. The molecule has 1 aromatic carbocycles. The van der Waals surface area contributed by atoms with Gasteiger partial charge in [0.15, 0.2) is 17.2 Å². The molecule has 1 saturated heterocycles. The van der Waals surface area contributed by atoms with E-state index in [0.29, 0.717) is 32.6 Å². The number of carbonyl (C=O) groups is 2. The lowest BCUT2D eigenvalue weighted by Gasteiger charge is -2.28. The molecule has 3 N–H and O–H groups in total. The summed E-state index contributed by atoms with van der Waals surface area (Å²) < 4.78 is 0. The van der Waals surface area contributed by atoms with Gasteiger partial charge < -0.3 is 25.1 Å². The van der Waals surface area contributed by atoms with Crippen molar-refractivity contribution in [1.29, 1.82) is 0 Å². The monoisotopic (exact) mass is 362 g/mol. The number of phenols is 3. The molecule has 1 aromatic rings. The van der Waals surface area contributed by atoms with Crippen LogP contribution in [0.15, 0.2) is 12.1 Å². The van der Waals surface area contributed by atoms with Crippen LogP contribution < -0.4 is 0 Å². The van der Waals surface area contributed by atoms with Gasteiger partial charge in [0.2, 0.25) is 5.91 Å². The quantitative estimate of drug-likeness (QED) is 0.699. The largest absolute Gasteiger partial charge is 0.504 e. The molecule has 3 rings (SSSR count). The molecule has 0 unspecified atom stereocenters. The molecule has 2 fully saturated rings. The minimum absolute atomic E-state index is 0.116. The molecule has 0 spiro atoms. The van der Waals surface area contributed by atoms with Crippen molar-refractivity contribution in [1.82, 2.24) is 9.80 Å². The van der Waals surface area contributed by atoms with Crippen molar-refractivity contribution in [2.75, 3.05) is 26.2 Å². The lowest BCUT2D eigenvalue weighted by atomic mass is 9.88. The zero-order valence-electron chi connectivity index (χ0n) is 14.9. The van der Waals surface area contributed by atoms with Crippen molar-refractivity contribution in [3.63, 3.8) is 0 Å². The first-order chi connectivity index (χ1) is 12.5. The summed E-state index contributed by atoms with van der Waals surface area (Å²) in [4.78, 5) is 28.9. The van der Waals surface area contributed by atoms with E-state index in [9.17, 15) is 24.9 Å². The first-order valence-electron chi connectivity index (χ1n) is 9.30. The minimum Gasteiger partial charge on any atom is -0.504 e. The predicted octanol–water partition coefficient (Wildman–Crippen LogP) is 2.06. The third-order valence-corrected chi connectivity index (χ3v) is 5.37. The Kier molecular flexibility index (Phi) is 5.54. The van der Waals surface area contributed by atoms with Gasteiger partial charge in [-0.05, 0) is 31.4 Å². The molecule has 1 aliphatic heterocycles. The molecule has 142 valence electrons. The first kappa shape index (κ1) is 18.4. The summed E-state index contributed by atoms with van der Waals surface area (Å²) in [5, 5.41) is 28.6. The van der Waals surface area contributed by atoms with E-state index in [1.807, 2.05) is 4.90 Å². The SMILES string of the molecule is O=C(c1cc(O)c(O)c(O)c1)N1CCCN(C(=O)C2CCCCC2)CC1. The fraction of sp³-hybridized carbons (Fsp3) is 0.579. The van der Waals surface area contributed by atoms with Crippen LogP contribution in [0, 0.1) is 5.92 Å². The van der Waals surface area contributed by atoms with Crippen LogP contribution in [0.3, 0.4) is 0 Å². The summed E-state index contributed by atoms with van der Waals surface area (Å²) in [6.07, 6.45) is 6.05. The van der Waals surface area contributed by atoms with E-state index in [-0.39, 0.29) is 23.3 Å². The fourth-order valence-corrected chi connectivity index (χ4v) is 3.86. The summed E-state index contributed by atoms with van der Waals surface area (Å²) in [5.74, 6) is -1.70. The highest BCUT2D eigenvalue weighted by molar-refractivity contribution is 5.95. The Morgan fingerprint density at radius 3 is 2.04 bits per heavy atom. The number of carbonyl (C=O) groups excluding carboxylic acids is 2. The van der Waals surface area contributed by atoms with Crippen LogP contribution in [-0.4, -0.2) is 63.1 Å². The summed E-state index contributed by atoms with van der Waals surface area (Å²) in [5.41, 5.74) is 0.116. The van der Waals surface area contributed by atoms with Crippen LogP contribution in [0.4, 0.5) is 0 Å². The van der Waals surface area contributed by atoms with Crippen LogP contribution in [0.25, 0.3) is 0 Å². The van der Waals surface area contributed by atoms with Gasteiger partial charge >= 0.3 is 0 Å². The molecule has 7 nitrogen and oxygen atoms in total. The van der Waals surface area contributed by atoms with Crippen molar-refractivity contribution in [3.05, 3.63) is 17.7 Å². The minimum atomic E-state index is -0.637. The molecular formula is C19H26N2O5. The number of amides is 2. The Morgan fingerprint density at radius 2 is 1.38 bits per heavy atom. The fourth-order valence-electron chi connectivity index (χ4n) is 3.86. The van der Waals surface area contributed by atoms with E-state index < -0.39 is 17.2 Å². The van der Waals surface area contributed by atoms with Gasteiger partial charge in [0.05, 0.1) is 0 Å². The Labute approximate surface area is 152 Å². The van der Waals surface area contributed by atoms with E-state index in [1.165, 1.54) is 6.42 Å². The summed E-state index contributed by atoms with van der Waals surface area (Å²) in [6, 6.07) is 2.29.